The van der Waals surface area contributed by atoms with Gasteiger partial charge in [-0.2, -0.15) is 0 Å². The van der Waals surface area contributed by atoms with E-state index >= 15 is 0 Å². The highest BCUT2D eigenvalue weighted by Crippen LogP contribution is 2.30. The van der Waals surface area contributed by atoms with Crippen LogP contribution in [0.25, 0.3) is 0 Å². The number of methoxy groups -OCH3 is 1. The normalized spacial score (nSPS) is 12.9. The summed E-state index contributed by atoms with van der Waals surface area (Å²) in [5.41, 5.74) is -1.06. The van der Waals surface area contributed by atoms with Crippen molar-refractivity contribution in [1.29, 1.82) is 0 Å². The summed E-state index contributed by atoms with van der Waals surface area (Å²) in [6, 6.07) is 7.85. The Morgan fingerprint density at radius 1 is 1.20 bits per heavy atom. The van der Waals surface area contributed by atoms with Gasteiger partial charge in [0.2, 0.25) is 5.91 Å². The molecule has 6 nitrogen and oxygen atoms in total. The summed E-state index contributed by atoms with van der Waals surface area (Å²) in [5.74, 6) is -1.41. The number of hydrogen-bond donors (Lipinski definition) is 2. The van der Waals surface area contributed by atoms with Gasteiger partial charge in [-0.15, -0.1) is 0 Å². The van der Waals surface area contributed by atoms with Crippen LogP contribution in [-0.2, 0) is 19.7 Å². The second-order valence-electron chi connectivity index (χ2n) is 4.15. The molecule has 0 bridgehead atoms. The van der Waals surface area contributed by atoms with Crippen molar-refractivity contribution in [2.75, 3.05) is 14.2 Å². The van der Waals surface area contributed by atoms with Gasteiger partial charge in [0.1, 0.15) is 0 Å². The Morgan fingerprint density at radius 3 is 2.25 bits per heavy atom. The third-order valence-electron chi connectivity index (χ3n) is 3.17. The molecule has 2 N–H and O–H groups in total. The number of esters is 1. The molecule has 0 aliphatic heterocycles. The van der Waals surface area contributed by atoms with Crippen molar-refractivity contribution < 1.29 is 19.1 Å². The van der Waals surface area contributed by atoms with Crippen LogP contribution in [0.5, 0.6) is 0 Å². The molecule has 1 aromatic carbocycles. The smallest absolute Gasteiger partial charge is 0.325 e. The second-order valence-corrected chi connectivity index (χ2v) is 4.15. The third kappa shape index (κ3) is 2.79. The SMILES string of the molecule is CC[C@@](C(=O)NC(=O)NC)(C(=O)OC)c1ccccc1. The van der Waals surface area contributed by atoms with Crippen molar-refractivity contribution in [2.45, 2.75) is 18.8 Å². The van der Waals surface area contributed by atoms with Crippen LogP contribution in [0, 0.1) is 0 Å². The number of hydrogen-bond acceptors (Lipinski definition) is 4. The summed E-state index contributed by atoms with van der Waals surface area (Å²) >= 11 is 0. The molecular formula is C14H18N2O4. The lowest BCUT2D eigenvalue weighted by Crippen LogP contribution is -2.53. The van der Waals surface area contributed by atoms with Crippen molar-refractivity contribution in [1.82, 2.24) is 10.6 Å². The minimum atomic E-state index is -1.54. The van der Waals surface area contributed by atoms with Gasteiger partial charge in [-0.25, -0.2) is 4.79 Å². The zero-order valence-corrected chi connectivity index (χ0v) is 11.7. The number of carbonyl (C=O) groups is 3. The minimum Gasteiger partial charge on any atom is -0.468 e. The van der Waals surface area contributed by atoms with Crippen molar-refractivity contribution >= 4 is 17.9 Å². The molecule has 0 aromatic heterocycles. The molecule has 1 rings (SSSR count). The highest BCUT2D eigenvalue weighted by Gasteiger charge is 2.47. The van der Waals surface area contributed by atoms with Gasteiger partial charge in [-0.1, -0.05) is 37.3 Å². The number of urea groups is 1. The molecule has 0 spiro atoms. The van der Waals surface area contributed by atoms with Gasteiger partial charge >= 0.3 is 12.0 Å². The predicted molar refractivity (Wildman–Crippen MR) is 73.0 cm³/mol. The standard InChI is InChI=1S/C14H18N2O4/c1-4-14(12(18)20-3,10-8-6-5-7-9-10)11(17)16-13(19)15-2/h5-9H,4H2,1-3H3,(H2,15,16,17,19)/t14-/m1/s1. The Kier molecular flexibility index (Phi) is 5.25. The molecular weight excluding hydrogens is 260 g/mol. The lowest BCUT2D eigenvalue weighted by molar-refractivity contribution is -0.152. The summed E-state index contributed by atoms with van der Waals surface area (Å²) in [7, 11) is 2.60. The number of amides is 3. The maximum Gasteiger partial charge on any atom is 0.325 e. The maximum absolute atomic E-state index is 12.4. The zero-order chi connectivity index (χ0) is 15.2. The van der Waals surface area contributed by atoms with Gasteiger partial charge in [0.15, 0.2) is 5.41 Å². The number of benzene rings is 1. The van der Waals surface area contributed by atoms with Crippen LogP contribution in [-0.4, -0.2) is 32.1 Å². The van der Waals surface area contributed by atoms with Crippen molar-refractivity contribution in [3.8, 4) is 0 Å². The van der Waals surface area contributed by atoms with Crippen LogP contribution in [0.4, 0.5) is 4.79 Å². The Bertz CT molecular complexity index is 501. The highest BCUT2D eigenvalue weighted by atomic mass is 16.5. The lowest BCUT2D eigenvalue weighted by atomic mass is 9.77. The van der Waals surface area contributed by atoms with Gasteiger partial charge in [0.05, 0.1) is 7.11 Å². The topological polar surface area (TPSA) is 84.5 Å². The molecule has 0 saturated carbocycles. The van der Waals surface area contributed by atoms with E-state index in [1.807, 2.05) is 0 Å². The average Bonchev–Trinajstić information content (AvgIpc) is 2.49. The molecule has 0 saturated heterocycles. The molecule has 20 heavy (non-hydrogen) atoms. The Hall–Kier alpha value is -2.37. The van der Waals surface area contributed by atoms with Gasteiger partial charge in [0.25, 0.3) is 0 Å². The molecule has 0 unspecified atom stereocenters. The molecule has 0 heterocycles. The van der Waals surface area contributed by atoms with E-state index in [1.54, 1.807) is 37.3 Å². The second kappa shape index (κ2) is 6.70. The summed E-state index contributed by atoms with van der Waals surface area (Å²) in [6.45, 7) is 1.69. The van der Waals surface area contributed by atoms with Crippen molar-refractivity contribution in [2.24, 2.45) is 0 Å². The number of imide groups is 1. The Balaban J connectivity index is 3.30. The molecule has 0 aliphatic rings. The molecule has 0 aliphatic carbocycles. The van der Waals surface area contributed by atoms with E-state index in [4.69, 9.17) is 4.74 Å². The number of carbonyl (C=O) groups excluding carboxylic acids is 3. The van der Waals surface area contributed by atoms with E-state index in [0.29, 0.717) is 5.56 Å². The fraction of sp³-hybridized carbons (Fsp3) is 0.357. The Morgan fingerprint density at radius 2 is 1.80 bits per heavy atom. The Labute approximate surface area is 117 Å². The number of ether oxygens (including phenoxy) is 1. The first-order chi connectivity index (χ1) is 9.52. The fourth-order valence-corrected chi connectivity index (χ4v) is 2.02. The van der Waals surface area contributed by atoms with E-state index in [2.05, 4.69) is 10.6 Å². The van der Waals surface area contributed by atoms with Crippen molar-refractivity contribution in [3.63, 3.8) is 0 Å². The van der Waals surface area contributed by atoms with Crippen LogP contribution in [0.15, 0.2) is 30.3 Å². The quantitative estimate of drug-likeness (QED) is 0.634. The van der Waals surface area contributed by atoms with Crippen LogP contribution in [0.2, 0.25) is 0 Å². The van der Waals surface area contributed by atoms with Gasteiger partial charge < -0.3 is 10.1 Å². The molecule has 108 valence electrons. The maximum atomic E-state index is 12.4. The van der Waals surface area contributed by atoms with E-state index in [9.17, 15) is 14.4 Å². The molecule has 0 fully saturated rings. The third-order valence-corrected chi connectivity index (χ3v) is 3.17. The number of nitrogens with one attached hydrogen (secondary N) is 2. The molecule has 0 radical (unpaired) electrons. The molecule has 6 heteroatoms. The monoisotopic (exact) mass is 278 g/mol. The molecule has 1 aromatic rings. The van der Waals surface area contributed by atoms with Crippen LogP contribution in [0.1, 0.15) is 18.9 Å². The average molecular weight is 278 g/mol. The summed E-state index contributed by atoms with van der Waals surface area (Å²) < 4.78 is 4.77. The van der Waals surface area contributed by atoms with E-state index < -0.39 is 23.3 Å². The summed E-state index contributed by atoms with van der Waals surface area (Å²) in [5, 5.41) is 4.42. The van der Waals surface area contributed by atoms with Crippen LogP contribution < -0.4 is 10.6 Å². The van der Waals surface area contributed by atoms with Crippen LogP contribution in [0.3, 0.4) is 0 Å². The first-order valence-electron chi connectivity index (χ1n) is 6.20. The van der Waals surface area contributed by atoms with E-state index in [0.717, 1.165) is 0 Å². The van der Waals surface area contributed by atoms with Gasteiger partial charge in [-0.3, -0.25) is 14.9 Å². The molecule has 1 atom stereocenters. The van der Waals surface area contributed by atoms with Gasteiger partial charge in [-0.05, 0) is 12.0 Å². The van der Waals surface area contributed by atoms with E-state index in [1.165, 1.54) is 14.2 Å². The van der Waals surface area contributed by atoms with Gasteiger partial charge in [0, 0.05) is 7.05 Å². The van der Waals surface area contributed by atoms with Crippen LogP contribution >= 0.6 is 0 Å². The lowest BCUT2D eigenvalue weighted by Gasteiger charge is -2.28. The first-order valence-corrected chi connectivity index (χ1v) is 6.20. The minimum absolute atomic E-state index is 0.173. The molecule has 3 amide bonds. The fourth-order valence-electron chi connectivity index (χ4n) is 2.02. The summed E-state index contributed by atoms with van der Waals surface area (Å²) in [6.07, 6.45) is 0.173. The largest absolute Gasteiger partial charge is 0.468 e. The van der Waals surface area contributed by atoms with E-state index in [-0.39, 0.29) is 6.42 Å². The predicted octanol–water partition coefficient (Wildman–Crippen LogP) is 0.963. The van der Waals surface area contributed by atoms with Crippen molar-refractivity contribution in [3.05, 3.63) is 35.9 Å². The highest BCUT2D eigenvalue weighted by molar-refractivity contribution is 6.13. The number of rotatable bonds is 4. The summed E-state index contributed by atoms with van der Waals surface area (Å²) in [4.78, 5) is 35.9. The zero-order valence-electron chi connectivity index (χ0n) is 11.7. The first kappa shape index (κ1) is 15.7.